The van der Waals surface area contributed by atoms with Gasteiger partial charge in [0.15, 0.2) is 0 Å². The minimum Gasteiger partial charge on any atom is -0.468 e. The largest absolute Gasteiger partial charge is 0.468 e. The Balaban J connectivity index is 2.40. The predicted octanol–water partition coefficient (Wildman–Crippen LogP) is 9.03. The normalized spacial score (nSPS) is 13.6. The summed E-state index contributed by atoms with van der Waals surface area (Å²) in [6.45, 7) is 12.6. The van der Waals surface area contributed by atoms with Gasteiger partial charge in [-0.05, 0) is 17.7 Å². The minimum absolute atomic E-state index is 0.120. The molecular weight excluding hydrogens is 467 g/mol. The van der Waals surface area contributed by atoms with Crippen LogP contribution >= 0.6 is 35.7 Å². The molecule has 0 saturated carbocycles. The van der Waals surface area contributed by atoms with Crippen LogP contribution in [0.2, 0.25) is 0 Å². The second kappa shape index (κ2) is 19.3. The second-order valence-corrected chi connectivity index (χ2v) is 12.3. The molecule has 6 heteroatoms. The Morgan fingerprint density at radius 2 is 1.70 bits per heavy atom. The topological polar surface area (TPSA) is 30.7 Å². The van der Waals surface area contributed by atoms with Gasteiger partial charge in [-0.25, -0.2) is 6.57 Å². The van der Waals surface area contributed by atoms with Gasteiger partial charge in [0, 0.05) is 18.6 Å². The van der Waals surface area contributed by atoms with E-state index in [9.17, 15) is 4.79 Å². The lowest BCUT2D eigenvalue weighted by Gasteiger charge is -2.24. The lowest BCUT2D eigenvalue weighted by atomic mass is 9.90. The maximum absolute atomic E-state index is 10.5. The van der Waals surface area contributed by atoms with E-state index in [1.54, 1.807) is 23.5 Å². The number of carbonyl (C=O) groups is 1. The molecule has 0 N–H and O–H groups in total. The first-order chi connectivity index (χ1) is 16.0. The molecule has 1 rings (SSSR count). The maximum Gasteiger partial charge on any atom is 0.293 e. The highest BCUT2D eigenvalue weighted by Crippen LogP contribution is 2.41. The van der Waals surface area contributed by atoms with Crippen molar-refractivity contribution in [2.75, 3.05) is 12.4 Å². The summed E-state index contributed by atoms with van der Waals surface area (Å²) >= 11 is 9.19. The molecule has 0 spiro atoms. The summed E-state index contributed by atoms with van der Waals surface area (Å²) < 4.78 is 5.82. The van der Waals surface area contributed by atoms with Crippen LogP contribution in [0.5, 0.6) is 0 Å². The van der Waals surface area contributed by atoms with Crippen LogP contribution in [0.25, 0.3) is 4.85 Å². The molecule has 0 heterocycles. The molecule has 3 nitrogen and oxygen atoms in total. The van der Waals surface area contributed by atoms with Gasteiger partial charge in [0.1, 0.15) is 3.53 Å². The van der Waals surface area contributed by atoms with Gasteiger partial charge < -0.3 is 9.58 Å². The Kier molecular flexibility index (Phi) is 17.5. The minimum atomic E-state index is -0.590. The molecule has 2 atom stereocenters. The lowest BCUT2D eigenvalue weighted by Crippen LogP contribution is -2.25. The number of hydrogen-bond acceptors (Lipinski definition) is 5. The van der Waals surface area contributed by atoms with Gasteiger partial charge >= 0.3 is 0 Å². The highest BCUT2D eigenvalue weighted by atomic mass is 32.2. The maximum atomic E-state index is 10.5. The summed E-state index contributed by atoms with van der Waals surface area (Å²) in [5, 5.41) is 0.120. The summed E-state index contributed by atoms with van der Waals surface area (Å²) in [6, 6.07) is 10.3. The Morgan fingerprint density at radius 3 is 2.27 bits per heavy atom. The summed E-state index contributed by atoms with van der Waals surface area (Å²) in [5.41, 5.74) is 0.600. The van der Waals surface area contributed by atoms with Gasteiger partial charge in [0.25, 0.3) is 6.47 Å². The summed E-state index contributed by atoms with van der Waals surface area (Å²) in [6.07, 6.45) is 14.6. The van der Waals surface area contributed by atoms with Crippen molar-refractivity contribution in [3.8, 4) is 0 Å². The van der Waals surface area contributed by atoms with Crippen LogP contribution in [0.15, 0.2) is 30.3 Å². The third kappa shape index (κ3) is 14.8. The second-order valence-electron chi connectivity index (χ2n) is 8.83. The quantitative estimate of drug-likeness (QED) is 0.0806. The van der Waals surface area contributed by atoms with Crippen LogP contribution in [-0.2, 0) is 9.53 Å². The van der Waals surface area contributed by atoms with Crippen LogP contribution in [0.1, 0.15) is 102 Å². The Bertz CT molecular complexity index is 692. The van der Waals surface area contributed by atoms with E-state index in [2.05, 4.69) is 23.9 Å². The number of ether oxygens (including phenoxy) is 1. The molecule has 2 unspecified atom stereocenters. The molecule has 1 aromatic rings. The van der Waals surface area contributed by atoms with Gasteiger partial charge in [0.05, 0.1) is 13.0 Å². The molecule has 0 aliphatic heterocycles. The van der Waals surface area contributed by atoms with Crippen molar-refractivity contribution < 1.29 is 9.53 Å². The van der Waals surface area contributed by atoms with E-state index < -0.39 is 5.54 Å². The number of benzene rings is 1. The first-order valence-corrected chi connectivity index (χ1v) is 14.6. The molecule has 0 aliphatic rings. The number of rotatable bonds is 19. The molecule has 184 valence electrons. The smallest absolute Gasteiger partial charge is 0.293 e. The van der Waals surface area contributed by atoms with Crippen molar-refractivity contribution in [1.29, 1.82) is 0 Å². The van der Waals surface area contributed by atoms with Crippen LogP contribution in [0, 0.1) is 6.57 Å². The highest BCUT2D eigenvalue weighted by molar-refractivity contribution is 8.47. The fraction of sp³-hybridized carbons (Fsp3) is 0.667. The molecule has 0 aliphatic carbocycles. The van der Waals surface area contributed by atoms with E-state index in [-0.39, 0.29) is 11.9 Å². The van der Waals surface area contributed by atoms with E-state index in [0.29, 0.717) is 19.3 Å². The van der Waals surface area contributed by atoms with Crippen molar-refractivity contribution in [1.82, 2.24) is 0 Å². The van der Waals surface area contributed by atoms with Gasteiger partial charge in [-0.1, -0.05) is 119 Å². The summed E-state index contributed by atoms with van der Waals surface area (Å²) in [4.78, 5) is 14.4. The summed E-state index contributed by atoms with van der Waals surface area (Å²) in [5.74, 6) is 1.07. The van der Waals surface area contributed by atoms with E-state index in [0.717, 1.165) is 9.28 Å². The number of carbonyl (C=O) groups excluding carboxylic acids is 1. The lowest BCUT2D eigenvalue weighted by molar-refractivity contribution is -0.129. The first-order valence-electron chi connectivity index (χ1n) is 12.4. The summed E-state index contributed by atoms with van der Waals surface area (Å²) in [7, 11) is 0. The number of unbranched alkanes of at least 4 members (excludes halogenated alkanes) is 9. The van der Waals surface area contributed by atoms with E-state index in [4.69, 9.17) is 23.5 Å². The van der Waals surface area contributed by atoms with Crippen molar-refractivity contribution in [2.24, 2.45) is 0 Å². The average Bonchev–Trinajstić information content (AvgIpc) is 2.83. The number of nitrogens with zero attached hydrogens (tertiary/aromatic N) is 1. The van der Waals surface area contributed by atoms with E-state index >= 15 is 0 Å². The van der Waals surface area contributed by atoms with Gasteiger partial charge in [-0.3, -0.25) is 4.79 Å². The zero-order valence-electron chi connectivity index (χ0n) is 20.4. The third-order valence-corrected chi connectivity index (χ3v) is 8.78. The van der Waals surface area contributed by atoms with Crippen LogP contribution in [0.4, 0.5) is 0 Å². The SMILES string of the molecule is [C-]#[N+]C(C)(CCOC=O)CC(SC(=S)SCCCCCCCCCCCC)c1ccccc1. The zero-order valence-corrected chi connectivity index (χ0v) is 22.9. The monoisotopic (exact) mass is 507 g/mol. The fourth-order valence-corrected chi connectivity index (χ4v) is 6.67. The first kappa shape index (κ1) is 30.0. The molecular formula is C27H41NO2S3. The number of hydrogen-bond donors (Lipinski definition) is 0. The van der Waals surface area contributed by atoms with Gasteiger partial charge in [-0.15, -0.1) is 11.8 Å². The highest BCUT2D eigenvalue weighted by Gasteiger charge is 2.35. The molecule has 0 amide bonds. The van der Waals surface area contributed by atoms with Crippen molar-refractivity contribution >= 4 is 45.7 Å². The molecule has 33 heavy (non-hydrogen) atoms. The zero-order chi connectivity index (χ0) is 24.2. The molecule has 0 bridgehead atoms. The number of thiocarbonyl (C=S) groups is 1. The Labute approximate surface area is 216 Å². The Hall–Kier alpha value is -1.03. The molecule has 0 aromatic heterocycles. The standard InChI is InChI=1S/C27H41NO2S3/c1-4-5-6-7-8-9-10-11-12-16-21-32-26(31)33-25(24-17-14-13-15-18-24)22-27(2,28-3)19-20-30-23-29/h13-15,17-18,23,25H,4-12,16,19-22H2,1-2H3. The van der Waals surface area contributed by atoms with E-state index in [1.165, 1.54) is 69.8 Å². The van der Waals surface area contributed by atoms with Crippen molar-refractivity contribution in [3.05, 3.63) is 47.3 Å². The molecule has 0 saturated heterocycles. The van der Waals surface area contributed by atoms with E-state index in [1.807, 2.05) is 25.1 Å². The molecule has 0 radical (unpaired) electrons. The fourth-order valence-electron chi connectivity index (χ4n) is 3.72. The van der Waals surface area contributed by atoms with Crippen LogP contribution < -0.4 is 0 Å². The predicted molar refractivity (Wildman–Crippen MR) is 150 cm³/mol. The van der Waals surface area contributed by atoms with Gasteiger partial charge in [-0.2, -0.15) is 0 Å². The Morgan fingerprint density at radius 1 is 1.09 bits per heavy atom. The molecule has 0 fully saturated rings. The number of thioether (sulfide) groups is 2. The van der Waals surface area contributed by atoms with Crippen LogP contribution in [0.3, 0.4) is 0 Å². The average molecular weight is 508 g/mol. The molecule has 1 aromatic carbocycles. The van der Waals surface area contributed by atoms with Crippen LogP contribution in [-0.4, -0.2) is 27.9 Å². The van der Waals surface area contributed by atoms with Gasteiger partial charge in [0.2, 0.25) is 5.54 Å². The van der Waals surface area contributed by atoms with Crippen molar-refractivity contribution in [3.63, 3.8) is 0 Å². The third-order valence-electron chi connectivity index (χ3n) is 5.85. The van der Waals surface area contributed by atoms with Crippen molar-refractivity contribution in [2.45, 2.75) is 102 Å².